The van der Waals surface area contributed by atoms with Crippen LogP contribution in [0.2, 0.25) is 0 Å². The van der Waals surface area contributed by atoms with Crippen molar-refractivity contribution >= 4 is 45.5 Å². The Kier molecular flexibility index (Phi) is 4.19. The van der Waals surface area contributed by atoms with E-state index in [4.69, 9.17) is 21.1 Å². The van der Waals surface area contributed by atoms with Gasteiger partial charge in [0, 0.05) is 6.42 Å². The Morgan fingerprint density at radius 2 is 1.89 bits per heavy atom. The van der Waals surface area contributed by atoms with Gasteiger partial charge in [-0.3, -0.25) is 0 Å². The predicted octanol–water partition coefficient (Wildman–Crippen LogP) is 4.84. The number of thiophene rings is 1. The Labute approximate surface area is 134 Å². The molecule has 0 radical (unpaired) electrons. The molecule has 100 valence electrons. The number of rotatable bonds is 2. The molecule has 0 aliphatic carbocycles. The second kappa shape index (κ2) is 5.89. The van der Waals surface area contributed by atoms with Gasteiger partial charge in [-0.1, -0.05) is 6.07 Å². The highest BCUT2D eigenvalue weighted by Gasteiger charge is 2.17. The van der Waals surface area contributed by atoms with E-state index in [1.54, 1.807) is 11.3 Å². The van der Waals surface area contributed by atoms with Gasteiger partial charge in [-0.25, -0.2) is 0 Å². The van der Waals surface area contributed by atoms with E-state index < -0.39 is 0 Å². The fourth-order valence-electron chi connectivity index (χ4n) is 1.99. The van der Waals surface area contributed by atoms with E-state index in [1.807, 2.05) is 18.2 Å². The molecule has 0 N–H and O–H groups in total. The van der Waals surface area contributed by atoms with E-state index in [0.717, 1.165) is 29.0 Å². The summed E-state index contributed by atoms with van der Waals surface area (Å²) < 4.78 is 12.6. The zero-order valence-electron chi connectivity index (χ0n) is 10.1. The summed E-state index contributed by atoms with van der Waals surface area (Å²) in [5.41, 5.74) is 2.17. The molecule has 0 amide bonds. The molecule has 5 heteroatoms. The van der Waals surface area contributed by atoms with Crippen LogP contribution in [0.25, 0.3) is 0 Å². The summed E-state index contributed by atoms with van der Waals surface area (Å²) in [4.78, 5) is 0. The van der Waals surface area contributed by atoms with E-state index in [0.29, 0.717) is 13.2 Å². The number of halogens is 2. The third-order valence-corrected chi connectivity index (χ3v) is 5.26. The molecule has 0 fully saturated rings. The Morgan fingerprint density at radius 1 is 1.11 bits per heavy atom. The summed E-state index contributed by atoms with van der Waals surface area (Å²) in [5.74, 6) is 1.61. The first-order valence-corrected chi connectivity index (χ1v) is 8.41. The Hall–Kier alpha value is -0.460. The molecule has 19 heavy (non-hydrogen) atoms. The van der Waals surface area contributed by atoms with E-state index in [-0.39, 0.29) is 5.38 Å². The van der Waals surface area contributed by atoms with Crippen molar-refractivity contribution in [3.63, 3.8) is 0 Å². The smallest absolute Gasteiger partial charge is 0.161 e. The van der Waals surface area contributed by atoms with Crippen LogP contribution >= 0.6 is 45.5 Å². The number of hydrogen-bond donors (Lipinski definition) is 0. The molecule has 2 nitrogen and oxygen atoms in total. The molecule has 2 aromatic rings. The summed E-state index contributed by atoms with van der Waals surface area (Å²) >= 11 is 10.5. The van der Waals surface area contributed by atoms with Crippen LogP contribution in [-0.2, 0) is 0 Å². The maximum atomic E-state index is 6.54. The molecule has 1 aliphatic rings. The molecule has 0 saturated heterocycles. The number of benzene rings is 1. The predicted molar refractivity (Wildman–Crippen MR) is 86.8 cm³/mol. The van der Waals surface area contributed by atoms with Crippen molar-refractivity contribution in [3.05, 3.63) is 43.7 Å². The summed E-state index contributed by atoms with van der Waals surface area (Å²) in [6, 6.07) is 8.06. The lowest BCUT2D eigenvalue weighted by Crippen LogP contribution is -1.97. The van der Waals surface area contributed by atoms with Crippen LogP contribution in [-0.4, -0.2) is 13.2 Å². The number of ether oxygens (including phenoxy) is 2. The first-order chi connectivity index (χ1) is 9.24. The molecule has 2 heterocycles. The molecular weight excluding hydrogens is 395 g/mol. The van der Waals surface area contributed by atoms with Gasteiger partial charge in [0.2, 0.25) is 0 Å². The number of hydrogen-bond acceptors (Lipinski definition) is 3. The third kappa shape index (κ3) is 3.01. The first kappa shape index (κ1) is 13.5. The van der Waals surface area contributed by atoms with Crippen molar-refractivity contribution in [3.8, 4) is 11.5 Å². The van der Waals surface area contributed by atoms with Crippen molar-refractivity contribution in [2.24, 2.45) is 0 Å². The summed E-state index contributed by atoms with van der Waals surface area (Å²) in [6.07, 6.45) is 0.914. The minimum atomic E-state index is -0.142. The SMILES string of the molecule is ClC(c1csc(I)c1)c1ccc2c(c1)OCCCO2. The molecular formula is C14H12ClIO2S. The van der Waals surface area contributed by atoms with Crippen molar-refractivity contribution in [2.75, 3.05) is 13.2 Å². The zero-order chi connectivity index (χ0) is 13.2. The molecule has 1 atom stereocenters. The Balaban J connectivity index is 1.91. The maximum Gasteiger partial charge on any atom is 0.161 e. The van der Waals surface area contributed by atoms with Gasteiger partial charge in [-0.15, -0.1) is 22.9 Å². The Morgan fingerprint density at radius 3 is 2.63 bits per heavy atom. The molecule has 1 aliphatic heterocycles. The fraction of sp³-hybridized carbons (Fsp3) is 0.286. The van der Waals surface area contributed by atoms with Crippen LogP contribution in [0.3, 0.4) is 0 Å². The molecule has 1 aromatic carbocycles. The molecule has 0 bridgehead atoms. The molecule has 3 rings (SSSR count). The molecule has 0 saturated carbocycles. The fourth-order valence-corrected chi connectivity index (χ4v) is 3.72. The van der Waals surface area contributed by atoms with Crippen LogP contribution < -0.4 is 9.47 Å². The first-order valence-electron chi connectivity index (χ1n) is 6.01. The van der Waals surface area contributed by atoms with Gasteiger partial charge in [0.1, 0.15) is 0 Å². The van der Waals surface area contributed by atoms with E-state index in [1.165, 1.54) is 2.88 Å². The van der Waals surface area contributed by atoms with Crippen molar-refractivity contribution < 1.29 is 9.47 Å². The summed E-state index contributed by atoms with van der Waals surface area (Å²) in [7, 11) is 0. The summed E-state index contributed by atoms with van der Waals surface area (Å²) in [6.45, 7) is 1.40. The van der Waals surface area contributed by atoms with Crippen LogP contribution in [0.4, 0.5) is 0 Å². The lowest BCUT2D eigenvalue weighted by atomic mass is 10.1. The number of alkyl halides is 1. The monoisotopic (exact) mass is 406 g/mol. The highest BCUT2D eigenvalue weighted by molar-refractivity contribution is 14.1. The molecule has 1 unspecified atom stereocenters. The van der Waals surface area contributed by atoms with Gasteiger partial charge in [0.25, 0.3) is 0 Å². The molecule has 1 aromatic heterocycles. The van der Waals surface area contributed by atoms with Gasteiger partial charge in [0.05, 0.1) is 21.5 Å². The van der Waals surface area contributed by atoms with Crippen molar-refractivity contribution in [1.82, 2.24) is 0 Å². The maximum absolute atomic E-state index is 6.54. The molecule has 0 spiro atoms. The van der Waals surface area contributed by atoms with Gasteiger partial charge in [0.15, 0.2) is 11.5 Å². The lowest BCUT2D eigenvalue weighted by Gasteiger charge is -2.12. The van der Waals surface area contributed by atoms with Crippen LogP contribution in [0.15, 0.2) is 29.6 Å². The van der Waals surface area contributed by atoms with Crippen LogP contribution in [0.1, 0.15) is 22.9 Å². The standard InChI is InChI=1S/C14H12ClIO2S/c15-14(10-7-13(16)19-8-10)9-2-3-11-12(6-9)18-5-1-4-17-11/h2-3,6-8,14H,1,4-5H2. The second-order valence-corrected chi connectivity index (χ2v) is 7.55. The summed E-state index contributed by atoms with van der Waals surface area (Å²) in [5, 5.41) is 1.96. The van der Waals surface area contributed by atoms with Gasteiger partial charge >= 0.3 is 0 Å². The normalized spacial score (nSPS) is 15.9. The van der Waals surface area contributed by atoms with Crippen molar-refractivity contribution in [2.45, 2.75) is 11.8 Å². The number of fused-ring (bicyclic) bond motifs is 1. The minimum Gasteiger partial charge on any atom is -0.490 e. The minimum absolute atomic E-state index is 0.142. The van der Waals surface area contributed by atoms with Crippen LogP contribution in [0, 0.1) is 2.88 Å². The quantitative estimate of drug-likeness (QED) is 0.525. The third-order valence-electron chi connectivity index (χ3n) is 2.94. The van der Waals surface area contributed by atoms with Gasteiger partial charge in [-0.2, -0.15) is 0 Å². The van der Waals surface area contributed by atoms with Crippen LogP contribution in [0.5, 0.6) is 11.5 Å². The topological polar surface area (TPSA) is 18.5 Å². The largest absolute Gasteiger partial charge is 0.490 e. The van der Waals surface area contributed by atoms with Gasteiger partial charge < -0.3 is 9.47 Å². The van der Waals surface area contributed by atoms with E-state index >= 15 is 0 Å². The average molecular weight is 407 g/mol. The second-order valence-electron chi connectivity index (χ2n) is 4.30. The van der Waals surface area contributed by atoms with Crippen molar-refractivity contribution in [1.29, 1.82) is 0 Å². The van der Waals surface area contributed by atoms with E-state index in [9.17, 15) is 0 Å². The Bertz CT molecular complexity index is 585. The zero-order valence-corrected chi connectivity index (χ0v) is 13.8. The highest BCUT2D eigenvalue weighted by Crippen LogP contribution is 2.37. The lowest BCUT2D eigenvalue weighted by molar-refractivity contribution is 0.297. The highest BCUT2D eigenvalue weighted by atomic mass is 127. The average Bonchev–Trinajstić information content (AvgIpc) is 2.72. The van der Waals surface area contributed by atoms with E-state index in [2.05, 4.69) is 34.0 Å². The van der Waals surface area contributed by atoms with Gasteiger partial charge in [-0.05, 0) is 57.3 Å².